The molecule has 1 aliphatic heterocycles. The summed E-state index contributed by atoms with van der Waals surface area (Å²) in [5.74, 6) is 0. The standard InChI is InChI=1S/C20H23N3/c1-3-23-19-10-11-21-18(20(19)14(2)22-23)13-15-8-9-16-6-4-5-7-17(16)12-15/h4-9,12,18,21H,3,10-11,13H2,1-2H3/t18-/m0/s1. The summed E-state index contributed by atoms with van der Waals surface area (Å²) in [5, 5.41) is 11.1. The molecule has 4 rings (SSSR count). The minimum atomic E-state index is 0.375. The predicted octanol–water partition coefficient (Wildman–Crippen LogP) is 3.79. The Morgan fingerprint density at radius 3 is 2.83 bits per heavy atom. The van der Waals surface area contributed by atoms with Gasteiger partial charge in [0.15, 0.2) is 0 Å². The van der Waals surface area contributed by atoms with Crippen LogP contribution in [0.25, 0.3) is 10.8 Å². The zero-order valence-electron chi connectivity index (χ0n) is 13.8. The molecule has 1 N–H and O–H groups in total. The first kappa shape index (κ1) is 14.5. The first-order chi connectivity index (χ1) is 11.3. The quantitative estimate of drug-likeness (QED) is 0.798. The van der Waals surface area contributed by atoms with Crippen molar-refractivity contribution in [3.8, 4) is 0 Å². The fourth-order valence-corrected chi connectivity index (χ4v) is 3.86. The molecule has 1 aliphatic rings. The van der Waals surface area contributed by atoms with E-state index in [1.54, 1.807) is 0 Å². The van der Waals surface area contributed by atoms with Gasteiger partial charge in [0.1, 0.15) is 0 Å². The lowest BCUT2D eigenvalue weighted by Gasteiger charge is -2.25. The summed E-state index contributed by atoms with van der Waals surface area (Å²) in [6.07, 6.45) is 2.10. The normalized spacial score (nSPS) is 17.4. The molecule has 0 unspecified atom stereocenters. The molecule has 0 radical (unpaired) electrons. The summed E-state index contributed by atoms with van der Waals surface area (Å²) in [6.45, 7) is 6.31. The minimum absolute atomic E-state index is 0.375. The van der Waals surface area contributed by atoms with E-state index < -0.39 is 0 Å². The molecule has 0 bridgehead atoms. The Hall–Kier alpha value is -2.13. The van der Waals surface area contributed by atoms with E-state index in [0.717, 1.165) is 25.9 Å². The molecule has 0 amide bonds. The molecular formula is C20H23N3. The first-order valence-corrected chi connectivity index (χ1v) is 8.53. The van der Waals surface area contributed by atoms with Crippen LogP contribution in [0.4, 0.5) is 0 Å². The highest BCUT2D eigenvalue weighted by molar-refractivity contribution is 5.83. The molecule has 0 spiro atoms. The van der Waals surface area contributed by atoms with Crippen LogP contribution in [0.15, 0.2) is 42.5 Å². The van der Waals surface area contributed by atoms with Crippen molar-refractivity contribution in [3.05, 3.63) is 65.0 Å². The van der Waals surface area contributed by atoms with Gasteiger partial charge < -0.3 is 5.32 Å². The molecule has 1 atom stereocenters. The number of nitrogens with zero attached hydrogens (tertiary/aromatic N) is 2. The first-order valence-electron chi connectivity index (χ1n) is 8.53. The summed E-state index contributed by atoms with van der Waals surface area (Å²) in [6, 6.07) is 15.8. The van der Waals surface area contributed by atoms with Crippen LogP contribution in [-0.2, 0) is 19.4 Å². The topological polar surface area (TPSA) is 29.9 Å². The Labute approximate surface area is 137 Å². The van der Waals surface area contributed by atoms with Crippen LogP contribution in [-0.4, -0.2) is 16.3 Å². The number of hydrogen-bond donors (Lipinski definition) is 1. The molecule has 3 nitrogen and oxygen atoms in total. The third-order valence-electron chi connectivity index (χ3n) is 4.94. The average Bonchev–Trinajstić information content (AvgIpc) is 2.92. The number of aromatic nitrogens is 2. The van der Waals surface area contributed by atoms with Crippen LogP contribution in [0, 0.1) is 6.92 Å². The van der Waals surface area contributed by atoms with Gasteiger partial charge in [-0.25, -0.2) is 0 Å². The van der Waals surface area contributed by atoms with Crippen LogP contribution < -0.4 is 5.32 Å². The molecule has 23 heavy (non-hydrogen) atoms. The van der Waals surface area contributed by atoms with Gasteiger partial charge in [-0.3, -0.25) is 4.68 Å². The second-order valence-electron chi connectivity index (χ2n) is 6.40. The van der Waals surface area contributed by atoms with Gasteiger partial charge in [-0.05, 0) is 36.6 Å². The third kappa shape index (κ3) is 2.55. The summed E-state index contributed by atoms with van der Waals surface area (Å²) in [7, 11) is 0. The lowest BCUT2D eigenvalue weighted by molar-refractivity contribution is 0.484. The second-order valence-corrected chi connectivity index (χ2v) is 6.40. The second kappa shape index (κ2) is 5.82. The van der Waals surface area contributed by atoms with E-state index in [1.807, 2.05) is 0 Å². The molecule has 118 valence electrons. The highest BCUT2D eigenvalue weighted by atomic mass is 15.3. The average molecular weight is 305 g/mol. The monoisotopic (exact) mass is 305 g/mol. The number of aryl methyl sites for hydroxylation is 2. The number of hydrogen-bond acceptors (Lipinski definition) is 2. The van der Waals surface area contributed by atoms with E-state index in [2.05, 4.69) is 66.3 Å². The number of nitrogens with one attached hydrogen (secondary N) is 1. The minimum Gasteiger partial charge on any atom is -0.309 e. The van der Waals surface area contributed by atoms with Crippen LogP contribution in [0.3, 0.4) is 0 Å². The van der Waals surface area contributed by atoms with Crippen molar-refractivity contribution < 1.29 is 0 Å². The SMILES string of the molecule is CCn1nc(C)c2c1CCN[C@H]2Cc1ccc2ccccc2c1. The van der Waals surface area contributed by atoms with E-state index in [1.165, 1.54) is 33.3 Å². The van der Waals surface area contributed by atoms with Gasteiger partial charge in [-0.2, -0.15) is 5.10 Å². The molecular weight excluding hydrogens is 282 g/mol. The Morgan fingerprint density at radius 2 is 2.00 bits per heavy atom. The van der Waals surface area contributed by atoms with Crippen molar-refractivity contribution in [1.29, 1.82) is 0 Å². The fraction of sp³-hybridized carbons (Fsp3) is 0.350. The lowest BCUT2D eigenvalue weighted by atomic mass is 9.92. The fourth-order valence-electron chi connectivity index (χ4n) is 3.86. The number of benzene rings is 2. The molecule has 0 saturated carbocycles. The van der Waals surface area contributed by atoms with Gasteiger partial charge in [0.2, 0.25) is 0 Å². The molecule has 2 aromatic carbocycles. The van der Waals surface area contributed by atoms with E-state index in [4.69, 9.17) is 5.10 Å². The van der Waals surface area contributed by atoms with Crippen LogP contribution in [0.5, 0.6) is 0 Å². The van der Waals surface area contributed by atoms with E-state index in [9.17, 15) is 0 Å². The summed E-state index contributed by atoms with van der Waals surface area (Å²) >= 11 is 0. The van der Waals surface area contributed by atoms with Crippen molar-refractivity contribution in [2.75, 3.05) is 6.54 Å². The summed E-state index contributed by atoms with van der Waals surface area (Å²) < 4.78 is 2.18. The Kier molecular flexibility index (Phi) is 3.66. The van der Waals surface area contributed by atoms with Gasteiger partial charge in [0.05, 0.1) is 5.69 Å². The molecule has 3 aromatic rings. The van der Waals surface area contributed by atoms with Crippen LogP contribution >= 0.6 is 0 Å². The molecule has 0 fully saturated rings. The maximum Gasteiger partial charge on any atom is 0.0644 e. The van der Waals surface area contributed by atoms with Gasteiger partial charge in [0, 0.05) is 36.8 Å². The molecule has 3 heteroatoms. The van der Waals surface area contributed by atoms with Crippen molar-refractivity contribution in [3.63, 3.8) is 0 Å². The Bertz CT molecular complexity index is 847. The van der Waals surface area contributed by atoms with Crippen molar-refractivity contribution >= 4 is 10.8 Å². The number of rotatable bonds is 3. The zero-order chi connectivity index (χ0) is 15.8. The maximum absolute atomic E-state index is 4.73. The van der Waals surface area contributed by atoms with E-state index in [-0.39, 0.29) is 0 Å². The van der Waals surface area contributed by atoms with Crippen LogP contribution in [0.2, 0.25) is 0 Å². The van der Waals surface area contributed by atoms with Gasteiger partial charge in [0.25, 0.3) is 0 Å². The summed E-state index contributed by atoms with van der Waals surface area (Å²) in [4.78, 5) is 0. The number of fused-ring (bicyclic) bond motifs is 2. The van der Waals surface area contributed by atoms with E-state index in [0.29, 0.717) is 6.04 Å². The highest BCUT2D eigenvalue weighted by Gasteiger charge is 2.26. The summed E-state index contributed by atoms with van der Waals surface area (Å²) in [5.41, 5.74) is 5.42. The Balaban J connectivity index is 1.68. The highest BCUT2D eigenvalue weighted by Crippen LogP contribution is 2.29. The predicted molar refractivity (Wildman–Crippen MR) is 94.7 cm³/mol. The van der Waals surface area contributed by atoms with Crippen molar-refractivity contribution in [2.24, 2.45) is 0 Å². The molecule has 1 aromatic heterocycles. The molecule has 2 heterocycles. The largest absolute Gasteiger partial charge is 0.309 e. The van der Waals surface area contributed by atoms with Crippen LogP contribution in [0.1, 0.15) is 35.5 Å². The third-order valence-corrected chi connectivity index (χ3v) is 4.94. The molecule has 0 saturated heterocycles. The Morgan fingerprint density at radius 1 is 1.17 bits per heavy atom. The smallest absolute Gasteiger partial charge is 0.0644 e. The molecule has 0 aliphatic carbocycles. The van der Waals surface area contributed by atoms with Crippen molar-refractivity contribution in [2.45, 2.75) is 39.3 Å². The van der Waals surface area contributed by atoms with Crippen molar-refractivity contribution in [1.82, 2.24) is 15.1 Å². The zero-order valence-corrected chi connectivity index (χ0v) is 13.8. The van der Waals surface area contributed by atoms with Gasteiger partial charge in [-0.15, -0.1) is 0 Å². The lowest BCUT2D eigenvalue weighted by Crippen LogP contribution is -2.32. The van der Waals surface area contributed by atoms with E-state index >= 15 is 0 Å². The maximum atomic E-state index is 4.73. The van der Waals surface area contributed by atoms with Gasteiger partial charge >= 0.3 is 0 Å². The van der Waals surface area contributed by atoms with Gasteiger partial charge in [-0.1, -0.05) is 42.5 Å².